The predicted octanol–water partition coefficient (Wildman–Crippen LogP) is 2.58. The lowest BCUT2D eigenvalue weighted by Crippen LogP contribution is -3.16. The smallest absolute Gasteiger partial charge is 0.173 e. The summed E-state index contributed by atoms with van der Waals surface area (Å²) >= 11 is 5.42. The average Bonchev–Trinajstić information content (AvgIpc) is 3.07. The summed E-state index contributed by atoms with van der Waals surface area (Å²) in [5.41, 5.74) is 0.369. The van der Waals surface area contributed by atoms with E-state index in [1.54, 1.807) is 4.90 Å². The van der Waals surface area contributed by atoms with Crippen LogP contribution in [0, 0.1) is 11.6 Å². The van der Waals surface area contributed by atoms with Crippen molar-refractivity contribution in [1.29, 1.82) is 0 Å². The van der Waals surface area contributed by atoms with Gasteiger partial charge in [0.05, 0.1) is 19.1 Å². The summed E-state index contributed by atoms with van der Waals surface area (Å²) in [4.78, 5) is 3.79. The summed E-state index contributed by atoms with van der Waals surface area (Å²) < 4.78 is 26.5. The molecule has 6 heteroatoms. The van der Waals surface area contributed by atoms with Crippen LogP contribution in [0.15, 0.2) is 18.2 Å². The fraction of sp³-hybridized carbons (Fsp3) is 0.611. The molecule has 3 rings (SSSR count). The van der Waals surface area contributed by atoms with E-state index >= 15 is 0 Å². The Morgan fingerprint density at radius 1 is 1.04 bits per heavy atom. The number of benzene rings is 1. The highest BCUT2D eigenvalue weighted by Crippen LogP contribution is 2.18. The molecule has 1 unspecified atom stereocenters. The van der Waals surface area contributed by atoms with E-state index < -0.39 is 11.6 Å². The number of anilines is 1. The second-order valence-corrected chi connectivity index (χ2v) is 7.46. The first-order chi connectivity index (χ1) is 11.5. The SMILES string of the molecule is C[NH+](C1CCCC1)C1CCN(C(=S)Nc2cc(F)cc(F)c2)CC1. The van der Waals surface area contributed by atoms with Crippen LogP contribution in [0.1, 0.15) is 38.5 Å². The summed E-state index contributed by atoms with van der Waals surface area (Å²) in [6.45, 7) is 1.80. The van der Waals surface area contributed by atoms with Gasteiger partial charge in [-0.05, 0) is 50.0 Å². The van der Waals surface area contributed by atoms with E-state index in [9.17, 15) is 8.78 Å². The molecular formula is C18H26F2N3S+. The summed E-state index contributed by atoms with van der Waals surface area (Å²) in [5, 5.41) is 3.52. The van der Waals surface area contributed by atoms with Crippen LogP contribution in [0.4, 0.5) is 14.5 Å². The molecule has 1 atom stereocenters. The van der Waals surface area contributed by atoms with E-state index in [4.69, 9.17) is 12.2 Å². The average molecular weight is 354 g/mol. The number of nitrogens with zero attached hydrogens (tertiary/aromatic N) is 1. The van der Waals surface area contributed by atoms with Gasteiger partial charge in [-0.2, -0.15) is 0 Å². The van der Waals surface area contributed by atoms with E-state index in [-0.39, 0.29) is 0 Å². The van der Waals surface area contributed by atoms with E-state index in [1.807, 2.05) is 0 Å². The Kier molecular flexibility index (Phi) is 5.66. The Labute approximate surface area is 148 Å². The molecule has 1 aliphatic heterocycles. The minimum Gasteiger partial charge on any atom is -0.349 e. The number of hydrogen-bond donors (Lipinski definition) is 2. The molecule has 1 aromatic rings. The van der Waals surface area contributed by atoms with Crippen molar-refractivity contribution < 1.29 is 13.7 Å². The number of thiocarbonyl (C=S) groups is 1. The lowest BCUT2D eigenvalue weighted by atomic mass is 10.0. The molecule has 2 fully saturated rings. The van der Waals surface area contributed by atoms with Gasteiger partial charge in [0.1, 0.15) is 11.6 Å². The van der Waals surface area contributed by atoms with Gasteiger partial charge >= 0.3 is 0 Å². The molecule has 0 bridgehead atoms. The van der Waals surface area contributed by atoms with Crippen molar-refractivity contribution >= 4 is 23.0 Å². The van der Waals surface area contributed by atoms with Crippen molar-refractivity contribution in [1.82, 2.24) is 4.90 Å². The zero-order valence-electron chi connectivity index (χ0n) is 14.2. The summed E-state index contributed by atoms with van der Waals surface area (Å²) in [5.74, 6) is -1.19. The standard InChI is InChI=1S/C18H25F2N3S/c1-22(16-4-2-3-5-16)17-6-8-23(9-7-17)18(24)21-15-11-13(19)10-14(20)12-15/h10-12,16-17H,2-9H2,1H3,(H,21,24)/p+1. The zero-order chi connectivity index (χ0) is 17.1. The highest BCUT2D eigenvalue weighted by atomic mass is 32.1. The minimum absolute atomic E-state index is 0.369. The van der Waals surface area contributed by atoms with Crippen molar-refractivity contribution in [2.45, 2.75) is 50.6 Å². The highest BCUT2D eigenvalue weighted by molar-refractivity contribution is 7.80. The van der Waals surface area contributed by atoms with Gasteiger partial charge in [0.15, 0.2) is 5.11 Å². The van der Waals surface area contributed by atoms with Gasteiger partial charge in [0.25, 0.3) is 0 Å². The Morgan fingerprint density at radius 3 is 2.17 bits per heavy atom. The molecular weight excluding hydrogens is 328 g/mol. The van der Waals surface area contributed by atoms with Gasteiger partial charge in [0, 0.05) is 37.7 Å². The van der Waals surface area contributed by atoms with Gasteiger partial charge in [-0.15, -0.1) is 0 Å². The van der Waals surface area contributed by atoms with Gasteiger partial charge < -0.3 is 15.1 Å². The molecule has 1 aromatic carbocycles. The van der Waals surface area contributed by atoms with E-state index in [0.717, 1.165) is 38.0 Å². The summed E-state index contributed by atoms with van der Waals surface area (Å²) in [7, 11) is 2.34. The largest absolute Gasteiger partial charge is 0.349 e. The number of hydrogen-bond acceptors (Lipinski definition) is 1. The van der Waals surface area contributed by atoms with Crippen LogP contribution in [0.25, 0.3) is 0 Å². The maximum Gasteiger partial charge on any atom is 0.173 e. The first-order valence-corrected chi connectivity index (χ1v) is 9.29. The van der Waals surface area contributed by atoms with Gasteiger partial charge in [-0.1, -0.05) is 0 Å². The molecule has 3 nitrogen and oxygen atoms in total. The molecule has 0 radical (unpaired) electrons. The number of piperidine rings is 1. The second kappa shape index (κ2) is 7.74. The number of halogens is 2. The van der Waals surface area contributed by atoms with Crippen LogP contribution >= 0.6 is 12.2 Å². The molecule has 0 spiro atoms. The van der Waals surface area contributed by atoms with Crippen LogP contribution in [0.3, 0.4) is 0 Å². The van der Waals surface area contributed by atoms with Gasteiger partial charge in [-0.3, -0.25) is 0 Å². The van der Waals surface area contributed by atoms with E-state index in [2.05, 4.69) is 17.3 Å². The monoisotopic (exact) mass is 354 g/mol. The quantitative estimate of drug-likeness (QED) is 0.814. The number of likely N-dealkylation sites (tertiary alicyclic amines) is 1. The van der Waals surface area contributed by atoms with Crippen molar-refractivity contribution in [2.24, 2.45) is 0 Å². The van der Waals surface area contributed by atoms with Crippen molar-refractivity contribution in [3.05, 3.63) is 29.8 Å². The Bertz CT molecular complexity index is 561. The topological polar surface area (TPSA) is 19.7 Å². The molecule has 1 heterocycles. The van der Waals surface area contributed by atoms with Crippen LogP contribution in [0.5, 0.6) is 0 Å². The Morgan fingerprint density at radius 2 is 1.58 bits per heavy atom. The van der Waals surface area contributed by atoms with Crippen LogP contribution < -0.4 is 10.2 Å². The normalized spacial score (nSPS) is 21.0. The van der Waals surface area contributed by atoms with Crippen LogP contribution in [-0.4, -0.2) is 42.2 Å². The van der Waals surface area contributed by atoms with Crippen LogP contribution in [0.2, 0.25) is 0 Å². The molecule has 2 N–H and O–H groups in total. The molecule has 0 aromatic heterocycles. The van der Waals surface area contributed by atoms with Gasteiger partial charge in [0.2, 0.25) is 0 Å². The molecule has 0 amide bonds. The van der Waals surface area contributed by atoms with Gasteiger partial charge in [-0.25, -0.2) is 8.78 Å². The minimum atomic E-state index is -0.596. The van der Waals surface area contributed by atoms with Crippen LogP contribution in [-0.2, 0) is 0 Å². The zero-order valence-corrected chi connectivity index (χ0v) is 15.0. The van der Waals surface area contributed by atoms with E-state index in [1.165, 1.54) is 37.8 Å². The number of rotatable bonds is 3. The third-order valence-electron chi connectivity index (χ3n) is 5.54. The first-order valence-electron chi connectivity index (χ1n) is 8.88. The maximum atomic E-state index is 13.3. The first kappa shape index (κ1) is 17.5. The van der Waals surface area contributed by atoms with Crippen molar-refractivity contribution in [2.75, 3.05) is 25.5 Å². The fourth-order valence-corrected chi connectivity index (χ4v) is 4.38. The molecule has 1 saturated carbocycles. The Balaban J connectivity index is 1.51. The summed E-state index contributed by atoms with van der Waals surface area (Å²) in [6.07, 6.45) is 7.69. The fourth-order valence-electron chi connectivity index (χ4n) is 4.08. The van der Waals surface area contributed by atoms with Crippen molar-refractivity contribution in [3.63, 3.8) is 0 Å². The summed E-state index contributed by atoms with van der Waals surface area (Å²) in [6, 6.07) is 4.91. The molecule has 1 aliphatic carbocycles. The highest BCUT2D eigenvalue weighted by Gasteiger charge is 2.32. The lowest BCUT2D eigenvalue weighted by Gasteiger charge is -2.38. The van der Waals surface area contributed by atoms with Crippen molar-refractivity contribution in [3.8, 4) is 0 Å². The third-order valence-corrected chi connectivity index (χ3v) is 5.90. The number of nitrogens with one attached hydrogen (secondary N) is 2. The Hall–Kier alpha value is -1.27. The third kappa shape index (κ3) is 4.22. The molecule has 24 heavy (non-hydrogen) atoms. The maximum absolute atomic E-state index is 13.3. The van der Waals surface area contributed by atoms with E-state index in [0.29, 0.717) is 16.8 Å². The molecule has 132 valence electrons. The molecule has 1 saturated heterocycles. The lowest BCUT2D eigenvalue weighted by molar-refractivity contribution is -0.931. The number of quaternary nitrogens is 1. The molecule has 2 aliphatic rings. The predicted molar refractivity (Wildman–Crippen MR) is 96.3 cm³/mol. The second-order valence-electron chi connectivity index (χ2n) is 7.07.